The Morgan fingerprint density at radius 2 is 2.14 bits per heavy atom. The maximum atomic E-state index is 13.9. The number of hydrogen-bond donors (Lipinski definition) is 1. The van der Waals surface area contributed by atoms with Crippen LogP contribution in [0.3, 0.4) is 0 Å². The standard InChI is InChI=1S/C15H18FNO4/c1-3-17(13-8-21-7-11(13)15(19)20)14(18)10-5-4-9(2)6-12(10)16/h4-6,11,13H,3,7-8H2,1-2H3,(H,19,20). The van der Waals surface area contributed by atoms with Crippen molar-refractivity contribution >= 4 is 11.9 Å². The fourth-order valence-corrected chi connectivity index (χ4v) is 2.56. The topological polar surface area (TPSA) is 66.8 Å². The number of rotatable bonds is 4. The molecule has 1 aromatic carbocycles. The Bertz CT molecular complexity index is 561. The van der Waals surface area contributed by atoms with E-state index in [0.29, 0.717) is 6.54 Å². The Labute approximate surface area is 122 Å². The molecule has 2 rings (SSSR count). The Morgan fingerprint density at radius 1 is 1.43 bits per heavy atom. The van der Waals surface area contributed by atoms with Crippen molar-refractivity contribution in [2.24, 2.45) is 5.92 Å². The van der Waals surface area contributed by atoms with Gasteiger partial charge in [0.1, 0.15) is 11.7 Å². The lowest BCUT2D eigenvalue weighted by Crippen LogP contribution is -2.46. The summed E-state index contributed by atoms with van der Waals surface area (Å²) in [5.41, 5.74) is 0.679. The van der Waals surface area contributed by atoms with Crippen LogP contribution in [0.4, 0.5) is 4.39 Å². The summed E-state index contributed by atoms with van der Waals surface area (Å²) in [6.45, 7) is 4.00. The molecule has 1 heterocycles. The lowest BCUT2D eigenvalue weighted by molar-refractivity contribution is -0.142. The zero-order chi connectivity index (χ0) is 15.6. The van der Waals surface area contributed by atoms with Gasteiger partial charge in [0, 0.05) is 6.54 Å². The van der Waals surface area contributed by atoms with Crippen LogP contribution in [0, 0.1) is 18.7 Å². The average Bonchev–Trinajstić information content (AvgIpc) is 2.88. The number of amides is 1. The van der Waals surface area contributed by atoms with Gasteiger partial charge >= 0.3 is 5.97 Å². The molecule has 0 aliphatic carbocycles. The minimum Gasteiger partial charge on any atom is -0.481 e. The fraction of sp³-hybridized carbons (Fsp3) is 0.467. The van der Waals surface area contributed by atoms with Gasteiger partial charge in [-0.25, -0.2) is 4.39 Å². The third kappa shape index (κ3) is 3.05. The highest BCUT2D eigenvalue weighted by atomic mass is 19.1. The molecule has 0 spiro atoms. The second-order valence-electron chi connectivity index (χ2n) is 5.12. The van der Waals surface area contributed by atoms with Crippen molar-refractivity contribution in [2.75, 3.05) is 19.8 Å². The molecule has 21 heavy (non-hydrogen) atoms. The maximum absolute atomic E-state index is 13.9. The number of likely N-dealkylation sites (N-methyl/N-ethyl adjacent to an activating group) is 1. The summed E-state index contributed by atoms with van der Waals surface area (Å²) >= 11 is 0. The normalized spacial score (nSPS) is 21.3. The molecular weight excluding hydrogens is 277 g/mol. The van der Waals surface area contributed by atoms with E-state index in [1.165, 1.54) is 17.0 Å². The molecule has 0 bridgehead atoms. The SMILES string of the molecule is CCN(C(=O)c1ccc(C)cc1F)C1COCC1C(=O)O. The van der Waals surface area contributed by atoms with E-state index >= 15 is 0 Å². The zero-order valence-corrected chi connectivity index (χ0v) is 12.0. The van der Waals surface area contributed by atoms with Gasteiger partial charge in [0.05, 0.1) is 24.8 Å². The van der Waals surface area contributed by atoms with Crippen LogP contribution in [-0.2, 0) is 9.53 Å². The van der Waals surface area contributed by atoms with Crippen LogP contribution in [0.5, 0.6) is 0 Å². The van der Waals surface area contributed by atoms with Crippen molar-refractivity contribution in [3.63, 3.8) is 0 Å². The minimum absolute atomic E-state index is 0.0431. The number of hydrogen-bond acceptors (Lipinski definition) is 3. The van der Waals surface area contributed by atoms with E-state index in [4.69, 9.17) is 4.74 Å². The smallest absolute Gasteiger partial charge is 0.311 e. The van der Waals surface area contributed by atoms with Gasteiger partial charge in [-0.15, -0.1) is 0 Å². The van der Waals surface area contributed by atoms with Crippen molar-refractivity contribution < 1.29 is 23.8 Å². The first-order valence-corrected chi connectivity index (χ1v) is 6.83. The maximum Gasteiger partial charge on any atom is 0.311 e. The number of carbonyl (C=O) groups is 2. The first kappa shape index (κ1) is 15.4. The lowest BCUT2D eigenvalue weighted by atomic mass is 10.0. The monoisotopic (exact) mass is 295 g/mol. The Morgan fingerprint density at radius 3 is 2.71 bits per heavy atom. The first-order valence-electron chi connectivity index (χ1n) is 6.83. The molecule has 6 heteroatoms. The van der Waals surface area contributed by atoms with E-state index in [-0.39, 0.29) is 18.8 Å². The average molecular weight is 295 g/mol. The number of benzene rings is 1. The quantitative estimate of drug-likeness (QED) is 0.918. The van der Waals surface area contributed by atoms with Crippen molar-refractivity contribution in [3.05, 3.63) is 35.1 Å². The number of carbonyl (C=O) groups excluding carboxylic acids is 1. The Kier molecular flexibility index (Phi) is 4.57. The molecule has 114 valence electrons. The van der Waals surface area contributed by atoms with Crippen molar-refractivity contribution in [2.45, 2.75) is 19.9 Å². The third-order valence-electron chi connectivity index (χ3n) is 3.72. The predicted molar refractivity (Wildman–Crippen MR) is 73.6 cm³/mol. The van der Waals surface area contributed by atoms with E-state index in [0.717, 1.165) is 5.56 Å². The fourth-order valence-electron chi connectivity index (χ4n) is 2.56. The highest BCUT2D eigenvalue weighted by Gasteiger charge is 2.40. The highest BCUT2D eigenvalue weighted by molar-refractivity contribution is 5.95. The number of aryl methyl sites for hydroxylation is 1. The molecule has 5 nitrogen and oxygen atoms in total. The third-order valence-corrected chi connectivity index (χ3v) is 3.72. The highest BCUT2D eigenvalue weighted by Crippen LogP contribution is 2.23. The van der Waals surface area contributed by atoms with Crippen LogP contribution < -0.4 is 0 Å². The van der Waals surface area contributed by atoms with Gasteiger partial charge in [-0.2, -0.15) is 0 Å². The van der Waals surface area contributed by atoms with Gasteiger partial charge in [-0.1, -0.05) is 6.07 Å². The van der Waals surface area contributed by atoms with Gasteiger partial charge in [0.2, 0.25) is 0 Å². The molecule has 0 aromatic heterocycles. The van der Waals surface area contributed by atoms with E-state index in [1.54, 1.807) is 19.9 Å². The van der Waals surface area contributed by atoms with Crippen molar-refractivity contribution in [1.82, 2.24) is 4.90 Å². The molecule has 1 N–H and O–H groups in total. The Balaban J connectivity index is 2.28. The zero-order valence-electron chi connectivity index (χ0n) is 12.0. The number of carboxylic acids is 1. The lowest BCUT2D eigenvalue weighted by Gasteiger charge is -2.29. The van der Waals surface area contributed by atoms with E-state index < -0.39 is 29.7 Å². The summed E-state index contributed by atoms with van der Waals surface area (Å²) in [6, 6.07) is 3.81. The Hall–Kier alpha value is -1.95. The van der Waals surface area contributed by atoms with Gasteiger partial charge in [-0.05, 0) is 31.5 Å². The van der Waals surface area contributed by atoms with Crippen LogP contribution in [0.15, 0.2) is 18.2 Å². The number of nitrogens with zero attached hydrogens (tertiary/aromatic N) is 1. The number of aliphatic carboxylic acids is 1. The van der Waals surface area contributed by atoms with E-state index in [2.05, 4.69) is 0 Å². The molecule has 1 aliphatic rings. The molecule has 1 amide bonds. The van der Waals surface area contributed by atoms with Crippen LogP contribution in [0.25, 0.3) is 0 Å². The number of halogens is 1. The van der Waals surface area contributed by atoms with Gasteiger partial charge < -0.3 is 14.7 Å². The molecule has 2 atom stereocenters. The minimum atomic E-state index is -1.01. The second kappa shape index (κ2) is 6.22. The van der Waals surface area contributed by atoms with Crippen LogP contribution >= 0.6 is 0 Å². The summed E-state index contributed by atoms with van der Waals surface area (Å²) in [5.74, 6) is -2.88. The largest absolute Gasteiger partial charge is 0.481 e. The van der Waals surface area contributed by atoms with Gasteiger partial charge in [0.15, 0.2) is 0 Å². The summed E-state index contributed by atoms with van der Waals surface area (Å²) in [5, 5.41) is 9.18. The first-order chi connectivity index (χ1) is 9.95. The molecular formula is C15H18FNO4. The summed E-state index contributed by atoms with van der Waals surface area (Å²) in [4.78, 5) is 25.1. The van der Waals surface area contributed by atoms with Crippen LogP contribution in [0.1, 0.15) is 22.8 Å². The van der Waals surface area contributed by atoms with Crippen LogP contribution in [-0.4, -0.2) is 47.7 Å². The van der Waals surface area contributed by atoms with Crippen LogP contribution in [0.2, 0.25) is 0 Å². The molecule has 1 saturated heterocycles. The second-order valence-corrected chi connectivity index (χ2v) is 5.12. The number of ether oxygens (including phenoxy) is 1. The van der Waals surface area contributed by atoms with Gasteiger partial charge in [-0.3, -0.25) is 9.59 Å². The molecule has 0 radical (unpaired) electrons. The van der Waals surface area contributed by atoms with Crippen molar-refractivity contribution in [1.29, 1.82) is 0 Å². The molecule has 1 aliphatic heterocycles. The molecule has 1 fully saturated rings. The molecule has 1 aromatic rings. The van der Waals surface area contributed by atoms with Gasteiger partial charge in [0.25, 0.3) is 5.91 Å². The van der Waals surface area contributed by atoms with E-state index in [1.807, 2.05) is 0 Å². The predicted octanol–water partition coefficient (Wildman–Crippen LogP) is 1.70. The summed E-state index contributed by atoms with van der Waals surface area (Å²) in [7, 11) is 0. The molecule has 2 unspecified atom stereocenters. The van der Waals surface area contributed by atoms with E-state index in [9.17, 15) is 19.1 Å². The van der Waals surface area contributed by atoms with Crippen molar-refractivity contribution in [3.8, 4) is 0 Å². The molecule has 0 saturated carbocycles. The number of carboxylic acid groups (broad SMARTS) is 1. The summed E-state index contributed by atoms with van der Waals surface area (Å²) < 4.78 is 19.1. The summed E-state index contributed by atoms with van der Waals surface area (Å²) in [6.07, 6.45) is 0.